The van der Waals surface area contributed by atoms with Gasteiger partial charge in [-0.3, -0.25) is 4.79 Å². The third kappa shape index (κ3) is 3.54. The second kappa shape index (κ2) is 6.57. The predicted molar refractivity (Wildman–Crippen MR) is 78.0 cm³/mol. The fourth-order valence-corrected chi connectivity index (χ4v) is 3.75. The molecule has 1 N–H and O–H groups in total. The van der Waals surface area contributed by atoms with E-state index in [1.165, 1.54) is 22.7 Å². The van der Waals surface area contributed by atoms with E-state index < -0.39 is 10.2 Å². The van der Waals surface area contributed by atoms with Gasteiger partial charge in [-0.1, -0.05) is 0 Å². The fraction of sp³-hybridized carbons (Fsp3) is 0.917. The quantitative estimate of drug-likeness (QED) is 0.669. The number of piperazine rings is 1. The van der Waals surface area contributed by atoms with Gasteiger partial charge in [0.15, 0.2) is 0 Å². The van der Waals surface area contributed by atoms with Crippen LogP contribution in [0.4, 0.5) is 0 Å². The highest BCUT2D eigenvalue weighted by Crippen LogP contribution is 2.15. The molecular formula is C12H24N4O4S. The molecule has 2 heterocycles. The lowest BCUT2D eigenvalue weighted by Gasteiger charge is -2.36. The Morgan fingerprint density at radius 3 is 2.33 bits per heavy atom. The number of hydrogen-bond acceptors (Lipinski definition) is 5. The summed E-state index contributed by atoms with van der Waals surface area (Å²) in [4.78, 5) is 14.1. The lowest BCUT2D eigenvalue weighted by atomic mass is 10.1. The van der Waals surface area contributed by atoms with Gasteiger partial charge >= 0.3 is 0 Å². The molecule has 0 aromatic carbocycles. The largest absolute Gasteiger partial charge is 0.380 e. The number of hydrogen-bond donors (Lipinski definition) is 1. The number of carbonyl (C=O) groups is 1. The number of rotatable bonds is 4. The Kier molecular flexibility index (Phi) is 5.20. The van der Waals surface area contributed by atoms with Gasteiger partial charge in [0.25, 0.3) is 10.2 Å². The lowest BCUT2D eigenvalue weighted by molar-refractivity contribution is -0.134. The minimum absolute atomic E-state index is 0.0384. The summed E-state index contributed by atoms with van der Waals surface area (Å²) in [5, 5.41) is 3.16. The minimum Gasteiger partial charge on any atom is -0.380 e. The molecule has 2 atom stereocenters. The summed E-state index contributed by atoms with van der Waals surface area (Å²) in [6, 6.07) is -0.216. The molecule has 2 fully saturated rings. The molecule has 21 heavy (non-hydrogen) atoms. The van der Waals surface area contributed by atoms with Gasteiger partial charge in [-0.25, -0.2) is 0 Å². The summed E-state index contributed by atoms with van der Waals surface area (Å²) in [6.45, 7) is 2.23. The highest BCUT2D eigenvalue weighted by Gasteiger charge is 2.35. The average Bonchev–Trinajstić information content (AvgIpc) is 2.95. The van der Waals surface area contributed by atoms with Crippen LogP contribution in [-0.2, 0) is 19.7 Å². The molecule has 0 bridgehead atoms. The van der Waals surface area contributed by atoms with Crippen LogP contribution in [0.1, 0.15) is 6.42 Å². The first-order chi connectivity index (χ1) is 9.86. The van der Waals surface area contributed by atoms with Crippen LogP contribution >= 0.6 is 0 Å². The molecule has 0 spiro atoms. The Balaban J connectivity index is 1.88. The Labute approximate surface area is 126 Å². The molecular weight excluding hydrogens is 296 g/mol. The number of ether oxygens (including phenoxy) is 1. The van der Waals surface area contributed by atoms with Crippen molar-refractivity contribution in [3.05, 3.63) is 0 Å². The van der Waals surface area contributed by atoms with Crippen LogP contribution in [0, 0.1) is 0 Å². The highest BCUT2D eigenvalue weighted by atomic mass is 32.2. The van der Waals surface area contributed by atoms with Gasteiger partial charge in [0.05, 0.1) is 12.1 Å². The maximum absolute atomic E-state index is 12.4. The highest BCUT2D eigenvalue weighted by molar-refractivity contribution is 7.86. The Morgan fingerprint density at radius 2 is 1.86 bits per heavy atom. The summed E-state index contributed by atoms with van der Waals surface area (Å²) in [5.41, 5.74) is 0. The Bertz CT molecular complexity index is 474. The van der Waals surface area contributed by atoms with Gasteiger partial charge < -0.3 is 15.0 Å². The molecule has 0 aromatic heterocycles. The van der Waals surface area contributed by atoms with E-state index in [1.807, 2.05) is 0 Å². The molecule has 2 aliphatic heterocycles. The summed E-state index contributed by atoms with van der Waals surface area (Å²) in [5.74, 6) is 0.0384. The van der Waals surface area contributed by atoms with Gasteiger partial charge in [0.2, 0.25) is 5.91 Å². The molecule has 0 aromatic rings. The van der Waals surface area contributed by atoms with E-state index in [0.29, 0.717) is 39.1 Å². The van der Waals surface area contributed by atoms with E-state index in [1.54, 1.807) is 12.0 Å². The first kappa shape index (κ1) is 16.6. The Hall–Kier alpha value is -0.740. The number of nitrogens with one attached hydrogen (secondary N) is 1. The fourth-order valence-electron chi connectivity index (χ4n) is 2.66. The van der Waals surface area contributed by atoms with Crippen molar-refractivity contribution in [1.82, 2.24) is 18.8 Å². The molecule has 2 unspecified atom stereocenters. The van der Waals surface area contributed by atoms with E-state index in [-0.39, 0.29) is 18.1 Å². The third-order valence-electron chi connectivity index (χ3n) is 4.06. The lowest BCUT2D eigenvalue weighted by Crippen LogP contribution is -2.55. The summed E-state index contributed by atoms with van der Waals surface area (Å²) < 4.78 is 31.9. The van der Waals surface area contributed by atoms with E-state index in [2.05, 4.69) is 5.32 Å². The van der Waals surface area contributed by atoms with Crippen molar-refractivity contribution in [3.8, 4) is 0 Å². The van der Waals surface area contributed by atoms with E-state index in [0.717, 1.165) is 0 Å². The molecule has 8 nitrogen and oxygen atoms in total. The molecule has 0 radical (unpaired) electrons. The zero-order chi connectivity index (χ0) is 15.6. The van der Waals surface area contributed by atoms with Gasteiger partial charge in [-0.2, -0.15) is 17.0 Å². The maximum atomic E-state index is 12.4. The van der Waals surface area contributed by atoms with Crippen LogP contribution in [0.2, 0.25) is 0 Å². The number of nitrogens with zero attached hydrogens (tertiary/aromatic N) is 3. The van der Waals surface area contributed by atoms with Crippen LogP contribution in [-0.4, -0.2) is 93.9 Å². The van der Waals surface area contributed by atoms with Crippen LogP contribution in [0.5, 0.6) is 0 Å². The number of amides is 1. The predicted octanol–water partition coefficient (Wildman–Crippen LogP) is -1.69. The van der Waals surface area contributed by atoms with Gasteiger partial charge in [0, 0.05) is 53.9 Å². The SMILES string of the molecule is COC1CNC(C(=O)N2CCN(S(=O)(=O)N(C)C)CC2)C1. The van der Waals surface area contributed by atoms with E-state index in [9.17, 15) is 13.2 Å². The third-order valence-corrected chi connectivity index (χ3v) is 6.00. The van der Waals surface area contributed by atoms with Crippen LogP contribution < -0.4 is 5.32 Å². The summed E-state index contributed by atoms with van der Waals surface area (Å²) >= 11 is 0. The van der Waals surface area contributed by atoms with Crippen LogP contribution in [0.25, 0.3) is 0 Å². The molecule has 2 aliphatic rings. The second-order valence-electron chi connectivity index (χ2n) is 5.57. The topological polar surface area (TPSA) is 82.2 Å². The van der Waals surface area contributed by atoms with E-state index in [4.69, 9.17) is 4.74 Å². The normalized spacial score (nSPS) is 28.3. The first-order valence-corrected chi connectivity index (χ1v) is 8.48. The molecule has 0 saturated carbocycles. The van der Waals surface area contributed by atoms with Gasteiger partial charge in [-0.05, 0) is 6.42 Å². The molecule has 0 aliphatic carbocycles. The van der Waals surface area contributed by atoms with Crippen molar-refractivity contribution in [2.45, 2.75) is 18.6 Å². The number of methoxy groups -OCH3 is 1. The van der Waals surface area contributed by atoms with Gasteiger partial charge in [-0.15, -0.1) is 0 Å². The molecule has 9 heteroatoms. The minimum atomic E-state index is -3.39. The van der Waals surface area contributed by atoms with Crippen molar-refractivity contribution in [2.24, 2.45) is 0 Å². The zero-order valence-corrected chi connectivity index (χ0v) is 13.6. The van der Waals surface area contributed by atoms with Crippen molar-refractivity contribution in [3.63, 3.8) is 0 Å². The first-order valence-electron chi connectivity index (χ1n) is 7.09. The summed E-state index contributed by atoms with van der Waals surface area (Å²) in [7, 11) is 1.28. The molecule has 2 saturated heterocycles. The Morgan fingerprint density at radius 1 is 1.24 bits per heavy atom. The van der Waals surface area contributed by atoms with Crippen molar-refractivity contribution >= 4 is 16.1 Å². The van der Waals surface area contributed by atoms with Crippen LogP contribution in [0.3, 0.4) is 0 Å². The van der Waals surface area contributed by atoms with Crippen molar-refractivity contribution < 1.29 is 17.9 Å². The van der Waals surface area contributed by atoms with E-state index >= 15 is 0 Å². The standard InChI is InChI=1S/C12H24N4O4S/c1-14(2)21(18,19)16-6-4-15(5-7-16)12(17)11-8-10(20-3)9-13-11/h10-11,13H,4-9H2,1-3H3. The second-order valence-corrected chi connectivity index (χ2v) is 7.71. The van der Waals surface area contributed by atoms with Crippen molar-refractivity contribution in [1.29, 1.82) is 0 Å². The smallest absolute Gasteiger partial charge is 0.281 e. The number of carbonyl (C=O) groups excluding carboxylic acids is 1. The average molecular weight is 320 g/mol. The van der Waals surface area contributed by atoms with Crippen molar-refractivity contribution in [2.75, 3.05) is 53.9 Å². The zero-order valence-electron chi connectivity index (χ0n) is 12.8. The molecule has 2 rings (SSSR count). The molecule has 122 valence electrons. The molecule has 1 amide bonds. The summed E-state index contributed by atoms with van der Waals surface area (Å²) in [6.07, 6.45) is 0.750. The maximum Gasteiger partial charge on any atom is 0.281 e. The van der Waals surface area contributed by atoms with Crippen LogP contribution in [0.15, 0.2) is 0 Å². The monoisotopic (exact) mass is 320 g/mol. The van der Waals surface area contributed by atoms with Gasteiger partial charge in [0.1, 0.15) is 0 Å².